The zero-order valence-corrected chi connectivity index (χ0v) is 6.19. The quantitative estimate of drug-likeness (QED) is 0.390. The lowest BCUT2D eigenvalue weighted by molar-refractivity contribution is 0.573. The summed E-state index contributed by atoms with van der Waals surface area (Å²) in [6.45, 7) is 0. The Balaban J connectivity index is 2.33. The van der Waals surface area contributed by atoms with E-state index in [1.54, 1.807) is 0 Å². The van der Waals surface area contributed by atoms with Gasteiger partial charge in [-0.2, -0.15) is 0 Å². The first-order valence-corrected chi connectivity index (χ1v) is 3.85. The zero-order chi connectivity index (χ0) is 6.69. The molecule has 50 valence electrons. The molecule has 2 unspecified atom stereocenters. The first kappa shape index (κ1) is 6.96. The van der Waals surface area contributed by atoms with E-state index in [4.69, 9.17) is 18.0 Å². The van der Waals surface area contributed by atoms with Gasteiger partial charge in [0.1, 0.15) is 0 Å². The van der Waals surface area contributed by atoms with Gasteiger partial charge in [-0.1, -0.05) is 6.42 Å². The number of terminal acetylenes is 1. The maximum Gasteiger partial charge on any atom is 0.0373 e. The highest BCUT2D eigenvalue weighted by Crippen LogP contribution is 2.31. The van der Waals surface area contributed by atoms with E-state index in [9.17, 15) is 0 Å². The summed E-state index contributed by atoms with van der Waals surface area (Å²) in [6.07, 6.45) is 9.69. The first-order valence-electron chi connectivity index (χ1n) is 3.42. The van der Waals surface area contributed by atoms with Gasteiger partial charge in [-0.3, -0.25) is 0 Å². The second-order valence-electron chi connectivity index (χ2n) is 2.62. The van der Waals surface area contributed by atoms with Crippen LogP contribution in [0.1, 0.15) is 25.7 Å². The molecule has 0 aromatic heterocycles. The Kier molecular flexibility index (Phi) is 2.42. The van der Waals surface area contributed by atoms with E-state index in [0.717, 1.165) is 12.8 Å². The fourth-order valence-electron chi connectivity index (χ4n) is 1.37. The highest BCUT2D eigenvalue weighted by atomic mass is 35.5. The molecule has 1 saturated carbocycles. The van der Waals surface area contributed by atoms with Crippen molar-refractivity contribution in [3.05, 3.63) is 0 Å². The second kappa shape index (κ2) is 3.13. The minimum Gasteiger partial charge on any atom is -0.123 e. The van der Waals surface area contributed by atoms with Crippen molar-refractivity contribution < 1.29 is 0 Å². The number of halogens is 1. The third kappa shape index (κ3) is 1.63. The molecule has 0 spiro atoms. The number of rotatable bonds is 1. The number of hydrogen-bond donors (Lipinski definition) is 0. The molecule has 0 heterocycles. The molecule has 0 saturated heterocycles. The largest absolute Gasteiger partial charge is 0.123 e. The normalized spacial score (nSPS) is 34.2. The van der Waals surface area contributed by atoms with E-state index in [0.29, 0.717) is 11.3 Å². The molecule has 0 radical (unpaired) electrons. The van der Waals surface area contributed by atoms with Crippen LogP contribution in [-0.4, -0.2) is 5.38 Å². The van der Waals surface area contributed by atoms with E-state index in [1.807, 2.05) is 0 Å². The number of alkyl halides is 1. The van der Waals surface area contributed by atoms with E-state index in [2.05, 4.69) is 5.92 Å². The summed E-state index contributed by atoms with van der Waals surface area (Å²) in [5, 5.41) is 0.362. The topological polar surface area (TPSA) is 0 Å². The molecule has 1 heteroatoms. The van der Waals surface area contributed by atoms with Crippen molar-refractivity contribution in [1.82, 2.24) is 0 Å². The fraction of sp³-hybridized carbons (Fsp3) is 0.750. The lowest BCUT2D eigenvalue weighted by Crippen LogP contribution is -2.04. The smallest absolute Gasteiger partial charge is 0.0373 e. The predicted molar refractivity (Wildman–Crippen MR) is 40.4 cm³/mol. The first-order chi connectivity index (χ1) is 4.34. The summed E-state index contributed by atoms with van der Waals surface area (Å²) in [4.78, 5) is 0. The van der Waals surface area contributed by atoms with Crippen molar-refractivity contribution >= 4 is 11.6 Å². The van der Waals surface area contributed by atoms with Crippen LogP contribution in [0.4, 0.5) is 0 Å². The maximum atomic E-state index is 5.96. The molecule has 0 N–H and O–H groups in total. The Hall–Kier alpha value is -0.150. The lowest BCUT2D eigenvalue weighted by atomic mass is 10.1. The molecule has 0 nitrogen and oxygen atoms in total. The highest BCUT2D eigenvalue weighted by molar-refractivity contribution is 6.20. The van der Waals surface area contributed by atoms with Crippen molar-refractivity contribution in [3.63, 3.8) is 0 Å². The Morgan fingerprint density at radius 3 is 2.78 bits per heavy atom. The second-order valence-corrected chi connectivity index (χ2v) is 3.18. The molecule has 0 amide bonds. The van der Waals surface area contributed by atoms with E-state index in [-0.39, 0.29) is 0 Å². The summed E-state index contributed by atoms with van der Waals surface area (Å²) in [6, 6.07) is 0. The third-order valence-corrected chi connectivity index (χ3v) is 2.52. The molecule has 0 aliphatic heterocycles. The van der Waals surface area contributed by atoms with Gasteiger partial charge in [0, 0.05) is 11.8 Å². The van der Waals surface area contributed by atoms with Crippen molar-refractivity contribution in [2.45, 2.75) is 31.1 Å². The van der Waals surface area contributed by atoms with Gasteiger partial charge < -0.3 is 0 Å². The summed E-state index contributed by atoms with van der Waals surface area (Å²) in [7, 11) is 0. The molecule has 1 aliphatic carbocycles. The molecule has 0 aromatic carbocycles. The van der Waals surface area contributed by atoms with Crippen molar-refractivity contribution in [1.29, 1.82) is 0 Å². The van der Waals surface area contributed by atoms with Gasteiger partial charge in [0.05, 0.1) is 0 Å². The monoisotopic (exact) mass is 142 g/mol. The van der Waals surface area contributed by atoms with Crippen LogP contribution in [0.3, 0.4) is 0 Å². The summed E-state index contributed by atoms with van der Waals surface area (Å²) < 4.78 is 0. The van der Waals surface area contributed by atoms with Crippen LogP contribution < -0.4 is 0 Å². The molecule has 1 rings (SSSR count). The van der Waals surface area contributed by atoms with Crippen LogP contribution in [-0.2, 0) is 0 Å². The van der Waals surface area contributed by atoms with Crippen LogP contribution in [0.5, 0.6) is 0 Å². The van der Waals surface area contributed by atoms with Crippen LogP contribution in [0, 0.1) is 18.3 Å². The zero-order valence-electron chi connectivity index (χ0n) is 5.44. The van der Waals surface area contributed by atoms with Gasteiger partial charge in [0.15, 0.2) is 0 Å². The summed E-state index contributed by atoms with van der Waals surface area (Å²) >= 11 is 5.96. The van der Waals surface area contributed by atoms with Crippen molar-refractivity contribution in [2.24, 2.45) is 5.92 Å². The Morgan fingerprint density at radius 2 is 2.33 bits per heavy atom. The Morgan fingerprint density at radius 1 is 1.56 bits per heavy atom. The van der Waals surface area contributed by atoms with Gasteiger partial charge in [-0.25, -0.2) is 0 Å². The minimum absolute atomic E-state index is 0.362. The van der Waals surface area contributed by atoms with E-state index in [1.165, 1.54) is 12.8 Å². The fourth-order valence-corrected chi connectivity index (χ4v) is 1.74. The molecule has 2 atom stereocenters. The average Bonchev–Trinajstić information content (AvgIpc) is 2.18. The van der Waals surface area contributed by atoms with Gasteiger partial charge >= 0.3 is 0 Å². The molecular weight excluding hydrogens is 132 g/mol. The molecule has 1 aliphatic rings. The van der Waals surface area contributed by atoms with Crippen molar-refractivity contribution in [3.8, 4) is 12.3 Å². The number of hydrogen-bond acceptors (Lipinski definition) is 0. The van der Waals surface area contributed by atoms with Gasteiger partial charge in [-0.15, -0.1) is 23.9 Å². The summed E-state index contributed by atoms with van der Waals surface area (Å²) in [5.74, 6) is 3.26. The molecular formula is C8H11Cl. The van der Waals surface area contributed by atoms with E-state index >= 15 is 0 Å². The Bertz CT molecular complexity index is 123. The average molecular weight is 143 g/mol. The maximum absolute atomic E-state index is 5.96. The van der Waals surface area contributed by atoms with Gasteiger partial charge in [-0.05, 0) is 18.8 Å². The molecule has 0 bridgehead atoms. The minimum atomic E-state index is 0.362. The van der Waals surface area contributed by atoms with Gasteiger partial charge in [0.25, 0.3) is 0 Å². The van der Waals surface area contributed by atoms with E-state index < -0.39 is 0 Å². The molecule has 9 heavy (non-hydrogen) atoms. The van der Waals surface area contributed by atoms with Crippen LogP contribution >= 0.6 is 11.6 Å². The van der Waals surface area contributed by atoms with Gasteiger partial charge in [0.2, 0.25) is 0 Å². The summed E-state index contributed by atoms with van der Waals surface area (Å²) in [5.41, 5.74) is 0. The Labute approximate surface area is 61.6 Å². The molecule has 0 aromatic rings. The SMILES string of the molecule is C#CCC1CCCC1Cl. The highest BCUT2D eigenvalue weighted by Gasteiger charge is 2.23. The van der Waals surface area contributed by atoms with Crippen molar-refractivity contribution in [2.75, 3.05) is 0 Å². The molecule has 1 fully saturated rings. The van der Waals surface area contributed by atoms with Crippen LogP contribution in [0.25, 0.3) is 0 Å². The predicted octanol–water partition coefficient (Wildman–Crippen LogP) is 2.42. The van der Waals surface area contributed by atoms with Crippen LogP contribution in [0.2, 0.25) is 0 Å². The van der Waals surface area contributed by atoms with Crippen LogP contribution in [0.15, 0.2) is 0 Å². The third-order valence-electron chi connectivity index (χ3n) is 1.95. The lowest BCUT2D eigenvalue weighted by Gasteiger charge is -2.07. The standard InChI is InChI=1S/C8H11Cl/c1-2-4-7-5-3-6-8(7)9/h1,7-8H,3-6H2.